The van der Waals surface area contributed by atoms with Gasteiger partial charge >= 0.3 is 0 Å². The SMILES string of the molecule is CCCC(N)C(=O)NCc1ccccc1-c1ccc(CN(C)C)cc1.Cl. The average molecular weight is 376 g/mol. The minimum Gasteiger partial charge on any atom is -0.351 e. The van der Waals surface area contributed by atoms with Crippen LogP contribution >= 0.6 is 12.4 Å². The smallest absolute Gasteiger partial charge is 0.237 e. The molecule has 1 atom stereocenters. The van der Waals surface area contributed by atoms with Crippen molar-refractivity contribution in [2.75, 3.05) is 14.1 Å². The Hall–Kier alpha value is -1.88. The summed E-state index contributed by atoms with van der Waals surface area (Å²) >= 11 is 0. The lowest BCUT2D eigenvalue weighted by molar-refractivity contribution is -0.122. The molecule has 142 valence electrons. The summed E-state index contributed by atoms with van der Waals surface area (Å²) in [7, 11) is 4.13. The minimum atomic E-state index is -0.428. The van der Waals surface area contributed by atoms with Gasteiger partial charge in [0.05, 0.1) is 6.04 Å². The van der Waals surface area contributed by atoms with Crippen LogP contribution in [0.1, 0.15) is 30.9 Å². The van der Waals surface area contributed by atoms with Crippen molar-refractivity contribution in [3.05, 3.63) is 59.7 Å². The molecular formula is C21H30ClN3O. The van der Waals surface area contributed by atoms with Crippen LogP contribution in [0.4, 0.5) is 0 Å². The Kier molecular flexibility index (Phi) is 9.35. The summed E-state index contributed by atoms with van der Waals surface area (Å²) in [5, 5.41) is 2.96. The third kappa shape index (κ3) is 6.45. The van der Waals surface area contributed by atoms with Gasteiger partial charge < -0.3 is 16.0 Å². The molecule has 0 saturated heterocycles. The van der Waals surface area contributed by atoms with Crippen molar-refractivity contribution >= 4 is 18.3 Å². The van der Waals surface area contributed by atoms with Crippen LogP contribution in [0.2, 0.25) is 0 Å². The molecule has 26 heavy (non-hydrogen) atoms. The quantitative estimate of drug-likeness (QED) is 0.741. The summed E-state index contributed by atoms with van der Waals surface area (Å²) in [5.74, 6) is -0.0852. The maximum Gasteiger partial charge on any atom is 0.237 e. The molecule has 5 heteroatoms. The van der Waals surface area contributed by atoms with E-state index in [1.54, 1.807) is 0 Å². The number of hydrogen-bond acceptors (Lipinski definition) is 3. The fourth-order valence-electron chi connectivity index (χ4n) is 2.87. The lowest BCUT2D eigenvalue weighted by atomic mass is 9.98. The Balaban J connectivity index is 0.00000338. The van der Waals surface area contributed by atoms with Gasteiger partial charge in [0.15, 0.2) is 0 Å². The van der Waals surface area contributed by atoms with Crippen LogP contribution in [0.3, 0.4) is 0 Å². The summed E-state index contributed by atoms with van der Waals surface area (Å²) in [4.78, 5) is 14.2. The lowest BCUT2D eigenvalue weighted by Crippen LogP contribution is -2.40. The predicted octanol–water partition coefficient (Wildman–Crippen LogP) is 3.58. The number of amides is 1. The Morgan fingerprint density at radius 2 is 1.77 bits per heavy atom. The van der Waals surface area contributed by atoms with Crippen LogP contribution in [0, 0.1) is 0 Å². The third-order valence-corrected chi connectivity index (χ3v) is 4.17. The van der Waals surface area contributed by atoms with Crippen molar-refractivity contribution in [1.82, 2.24) is 10.2 Å². The van der Waals surface area contributed by atoms with Crippen LogP contribution in [0.25, 0.3) is 11.1 Å². The molecule has 0 aliphatic heterocycles. The monoisotopic (exact) mass is 375 g/mol. The van der Waals surface area contributed by atoms with Crippen molar-refractivity contribution in [2.24, 2.45) is 5.73 Å². The number of rotatable bonds is 8. The topological polar surface area (TPSA) is 58.4 Å². The normalized spacial score (nSPS) is 11.7. The second kappa shape index (κ2) is 11.0. The van der Waals surface area contributed by atoms with Crippen molar-refractivity contribution in [3.8, 4) is 11.1 Å². The summed E-state index contributed by atoms with van der Waals surface area (Å²) < 4.78 is 0. The number of carbonyl (C=O) groups excluding carboxylic acids is 1. The average Bonchev–Trinajstić information content (AvgIpc) is 2.60. The van der Waals surface area contributed by atoms with Gasteiger partial charge in [-0.25, -0.2) is 0 Å². The number of nitrogens with two attached hydrogens (primary N) is 1. The number of nitrogens with one attached hydrogen (secondary N) is 1. The van der Waals surface area contributed by atoms with E-state index in [1.807, 2.05) is 19.1 Å². The molecule has 0 fully saturated rings. The van der Waals surface area contributed by atoms with E-state index in [-0.39, 0.29) is 18.3 Å². The highest BCUT2D eigenvalue weighted by Crippen LogP contribution is 2.24. The van der Waals surface area contributed by atoms with Crippen LogP contribution in [-0.2, 0) is 17.9 Å². The number of hydrogen-bond donors (Lipinski definition) is 2. The molecule has 0 bridgehead atoms. The lowest BCUT2D eigenvalue weighted by Gasteiger charge is -2.14. The molecular weight excluding hydrogens is 346 g/mol. The number of carbonyl (C=O) groups is 1. The van der Waals surface area contributed by atoms with E-state index in [4.69, 9.17) is 5.73 Å². The second-order valence-electron chi connectivity index (χ2n) is 6.70. The highest BCUT2D eigenvalue weighted by molar-refractivity contribution is 5.85. The highest BCUT2D eigenvalue weighted by Gasteiger charge is 2.12. The van der Waals surface area contributed by atoms with Gasteiger partial charge in [0.1, 0.15) is 0 Å². The molecule has 0 saturated carbocycles. The zero-order chi connectivity index (χ0) is 18.2. The number of nitrogens with zero attached hydrogens (tertiary/aromatic N) is 1. The van der Waals surface area contributed by atoms with Crippen LogP contribution in [0.15, 0.2) is 48.5 Å². The van der Waals surface area contributed by atoms with Gasteiger partial charge in [-0.2, -0.15) is 0 Å². The van der Waals surface area contributed by atoms with E-state index in [1.165, 1.54) is 5.56 Å². The molecule has 0 radical (unpaired) electrons. The molecule has 2 aromatic rings. The van der Waals surface area contributed by atoms with Gasteiger partial charge in [-0.1, -0.05) is 61.9 Å². The van der Waals surface area contributed by atoms with Gasteiger partial charge in [0.25, 0.3) is 0 Å². The van der Waals surface area contributed by atoms with Crippen molar-refractivity contribution < 1.29 is 4.79 Å². The van der Waals surface area contributed by atoms with E-state index in [9.17, 15) is 4.79 Å². The zero-order valence-corrected chi connectivity index (χ0v) is 16.7. The Bertz CT molecular complexity index is 686. The van der Waals surface area contributed by atoms with E-state index < -0.39 is 6.04 Å². The summed E-state index contributed by atoms with van der Waals surface area (Å²) in [6.45, 7) is 3.45. The van der Waals surface area contributed by atoms with E-state index in [0.29, 0.717) is 13.0 Å². The van der Waals surface area contributed by atoms with Crippen molar-refractivity contribution in [3.63, 3.8) is 0 Å². The summed E-state index contributed by atoms with van der Waals surface area (Å²) in [6, 6.07) is 16.3. The van der Waals surface area contributed by atoms with Crippen LogP contribution in [-0.4, -0.2) is 30.9 Å². The second-order valence-corrected chi connectivity index (χ2v) is 6.70. The number of halogens is 1. The number of benzene rings is 2. The fourth-order valence-corrected chi connectivity index (χ4v) is 2.87. The van der Waals surface area contributed by atoms with E-state index >= 15 is 0 Å². The van der Waals surface area contributed by atoms with Crippen LogP contribution < -0.4 is 11.1 Å². The maximum absolute atomic E-state index is 12.1. The Morgan fingerprint density at radius 1 is 1.12 bits per heavy atom. The first kappa shape index (κ1) is 22.2. The van der Waals surface area contributed by atoms with Gasteiger partial charge in [-0.15, -0.1) is 12.4 Å². The summed E-state index contributed by atoms with van der Waals surface area (Å²) in [6.07, 6.45) is 1.62. The molecule has 0 spiro atoms. The Labute approximate surface area is 163 Å². The first-order chi connectivity index (χ1) is 12.0. The fraction of sp³-hybridized carbons (Fsp3) is 0.381. The molecule has 0 heterocycles. The molecule has 0 aliphatic carbocycles. The molecule has 2 aromatic carbocycles. The molecule has 2 rings (SSSR count). The standard InChI is InChI=1S/C21H29N3O.ClH/c1-4-7-20(22)21(25)23-14-18-8-5-6-9-19(18)17-12-10-16(11-13-17)15-24(2)3;/h5-6,8-13,20H,4,7,14-15,22H2,1-3H3,(H,23,25);1H. The van der Waals surface area contributed by atoms with Gasteiger partial charge in [0, 0.05) is 13.1 Å². The van der Waals surface area contributed by atoms with E-state index in [2.05, 4.69) is 60.7 Å². The Morgan fingerprint density at radius 3 is 2.38 bits per heavy atom. The van der Waals surface area contributed by atoms with Gasteiger partial charge in [0.2, 0.25) is 5.91 Å². The molecule has 3 N–H and O–H groups in total. The van der Waals surface area contributed by atoms with Crippen molar-refractivity contribution in [1.29, 1.82) is 0 Å². The largest absolute Gasteiger partial charge is 0.351 e. The zero-order valence-electron chi connectivity index (χ0n) is 15.9. The summed E-state index contributed by atoms with van der Waals surface area (Å²) in [5.41, 5.74) is 10.6. The first-order valence-electron chi connectivity index (χ1n) is 8.86. The van der Waals surface area contributed by atoms with Gasteiger partial charge in [-0.05, 0) is 42.8 Å². The van der Waals surface area contributed by atoms with Crippen molar-refractivity contribution in [2.45, 2.75) is 38.9 Å². The molecule has 0 aromatic heterocycles. The molecule has 1 unspecified atom stereocenters. The van der Waals surface area contributed by atoms with Gasteiger partial charge in [-0.3, -0.25) is 4.79 Å². The third-order valence-electron chi connectivity index (χ3n) is 4.17. The minimum absolute atomic E-state index is 0. The predicted molar refractivity (Wildman–Crippen MR) is 111 cm³/mol. The molecule has 4 nitrogen and oxygen atoms in total. The first-order valence-corrected chi connectivity index (χ1v) is 8.86. The molecule has 0 aliphatic rings. The van der Waals surface area contributed by atoms with Crippen LogP contribution in [0.5, 0.6) is 0 Å². The maximum atomic E-state index is 12.1. The van der Waals surface area contributed by atoms with E-state index in [0.717, 1.165) is 29.7 Å². The highest BCUT2D eigenvalue weighted by atomic mass is 35.5. The molecule has 1 amide bonds.